The molecular formula is C31H43F3N4O5. The van der Waals surface area contributed by atoms with Crippen molar-refractivity contribution in [3.63, 3.8) is 0 Å². The van der Waals surface area contributed by atoms with E-state index in [1.807, 2.05) is 32.8 Å². The average molecular weight is 609 g/mol. The van der Waals surface area contributed by atoms with Gasteiger partial charge in [0.25, 0.3) is 5.91 Å². The lowest BCUT2D eigenvalue weighted by atomic mass is 10.0. The summed E-state index contributed by atoms with van der Waals surface area (Å²) in [4.78, 5) is 30.4. The highest BCUT2D eigenvalue weighted by Gasteiger charge is 2.31. The second-order valence-electron chi connectivity index (χ2n) is 11.4. The molecule has 2 aromatic carbocycles. The number of anilines is 2. The molecule has 9 nitrogen and oxygen atoms in total. The van der Waals surface area contributed by atoms with Crippen molar-refractivity contribution in [2.75, 3.05) is 51.0 Å². The Labute approximate surface area is 251 Å². The van der Waals surface area contributed by atoms with E-state index in [0.29, 0.717) is 25.4 Å². The Morgan fingerprint density at radius 3 is 2.37 bits per heavy atom. The number of ether oxygens (including phenoxy) is 2. The summed E-state index contributed by atoms with van der Waals surface area (Å²) in [6.07, 6.45) is -2.32. The fourth-order valence-corrected chi connectivity index (χ4v) is 4.86. The van der Waals surface area contributed by atoms with Gasteiger partial charge in [0.2, 0.25) is 0 Å². The quantitative estimate of drug-likeness (QED) is 0.389. The predicted octanol–water partition coefficient (Wildman–Crippen LogP) is 5.71. The van der Waals surface area contributed by atoms with Gasteiger partial charge in [0, 0.05) is 37.0 Å². The number of halogens is 3. The lowest BCUT2D eigenvalue weighted by molar-refractivity contribution is -0.137. The van der Waals surface area contributed by atoms with Crippen LogP contribution >= 0.6 is 0 Å². The molecule has 4 atom stereocenters. The SMILES string of the molecule is C[C@@H]1CCCCO[C@@H](CN(C)C)[C@@H](C)CN([C@H](C)CO)C(=O)c2cc(NC(=O)Nc3ccc(C(F)(F)F)cc3)ccc2O1. The van der Waals surface area contributed by atoms with Gasteiger partial charge in [-0.2, -0.15) is 13.2 Å². The smallest absolute Gasteiger partial charge is 0.416 e. The normalized spacial score (nSPS) is 21.4. The number of hydrogen-bond acceptors (Lipinski definition) is 6. The fraction of sp³-hybridized carbons (Fsp3) is 0.548. The lowest BCUT2D eigenvalue weighted by Gasteiger charge is -2.35. The number of urea groups is 1. The molecule has 2 aromatic rings. The number of likely N-dealkylation sites (N-methyl/N-ethyl adjacent to an activating group) is 1. The molecule has 0 saturated heterocycles. The van der Waals surface area contributed by atoms with Gasteiger partial charge in [-0.05, 0) is 89.7 Å². The van der Waals surface area contributed by atoms with Gasteiger partial charge in [-0.3, -0.25) is 4.79 Å². The predicted molar refractivity (Wildman–Crippen MR) is 160 cm³/mol. The third-order valence-electron chi connectivity index (χ3n) is 7.32. The number of hydrogen-bond donors (Lipinski definition) is 3. The van der Waals surface area contributed by atoms with Crippen molar-refractivity contribution in [3.8, 4) is 5.75 Å². The number of carbonyl (C=O) groups excluding carboxylic acids is 2. The van der Waals surface area contributed by atoms with Crippen LogP contribution in [0.15, 0.2) is 42.5 Å². The van der Waals surface area contributed by atoms with E-state index < -0.39 is 23.8 Å². The molecule has 0 aromatic heterocycles. The van der Waals surface area contributed by atoms with Gasteiger partial charge in [0.1, 0.15) is 5.75 Å². The molecule has 1 aliphatic heterocycles. The average Bonchev–Trinajstić information content (AvgIpc) is 2.94. The zero-order valence-corrected chi connectivity index (χ0v) is 25.4. The first kappa shape index (κ1) is 34.1. The van der Waals surface area contributed by atoms with Gasteiger partial charge in [-0.25, -0.2) is 4.79 Å². The van der Waals surface area contributed by atoms with Gasteiger partial charge in [0.15, 0.2) is 0 Å². The Bertz CT molecular complexity index is 1210. The highest BCUT2D eigenvalue weighted by Crippen LogP contribution is 2.31. The summed E-state index contributed by atoms with van der Waals surface area (Å²) in [6, 6.07) is 7.60. The molecule has 238 valence electrons. The van der Waals surface area contributed by atoms with E-state index in [1.165, 1.54) is 6.07 Å². The summed E-state index contributed by atoms with van der Waals surface area (Å²) in [5.41, 5.74) is -0.155. The van der Waals surface area contributed by atoms with E-state index in [-0.39, 0.29) is 47.6 Å². The largest absolute Gasteiger partial charge is 0.490 e. The molecule has 0 bridgehead atoms. The minimum absolute atomic E-state index is 0.0533. The molecule has 1 aliphatic rings. The molecule has 3 N–H and O–H groups in total. The molecule has 3 amide bonds. The van der Waals surface area contributed by atoms with Crippen molar-refractivity contribution in [2.24, 2.45) is 5.92 Å². The summed E-state index contributed by atoms with van der Waals surface area (Å²) in [6.45, 7) is 7.05. The topological polar surface area (TPSA) is 103 Å². The summed E-state index contributed by atoms with van der Waals surface area (Å²) < 4.78 is 51.1. The minimum Gasteiger partial charge on any atom is -0.490 e. The highest BCUT2D eigenvalue weighted by atomic mass is 19.4. The maximum Gasteiger partial charge on any atom is 0.416 e. The number of nitrogens with one attached hydrogen (secondary N) is 2. The second-order valence-corrected chi connectivity index (χ2v) is 11.4. The van der Waals surface area contributed by atoms with Crippen molar-refractivity contribution in [1.82, 2.24) is 9.80 Å². The highest BCUT2D eigenvalue weighted by molar-refractivity contribution is 6.02. The second kappa shape index (κ2) is 15.4. The number of amides is 3. The monoisotopic (exact) mass is 608 g/mol. The van der Waals surface area contributed by atoms with Gasteiger partial charge in [-0.1, -0.05) is 6.92 Å². The number of benzene rings is 2. The van der Waals surface area contributed by atoms with Crippen LogP contribution < -0.4 is 15.4 Å². The molecule has 0 radical (unpaired) electrons. The molecule has 43 heavy (non-hydrogen) atoms. The van der Waals surface area contributed by atoms with Crippen molar-refractivity contribution >= 4 is 23.3 Å². The fourth-order valence-electron chi connectivity index (χ4n) is 4.86. The molecule has 0 fully saturated rings. The Hall–Kier alpha value is -3.35. The van der Waals surface area contributed by atoms with Crippen LogP contribution in [0, 0.1) is 5.92 Å². The molecule has 0 aliphatic carbocycles. The first-order valence-electron chi connectivity index (χ1n) is 14.5. The number of aliphatic hydroxyl groups is 1. The molecule has 1 heterocycles. The van der Waals surface area contributed by atoms with Gasteiger partial charge < -0.3 is 35.0 Å². The number of alkyl halides is 3. The van der Waals surface area contributed by atoms with Gasteiger partial charge in [0.05, 0.1) is 36.0 Å². The third kappa shape index (κ3) is 10.1. The van der Waals surface area contributed by atoms with Crippen LogP contribution in [0.4, 0.5) is 29.3 Å². The van der Waals surface area contributed by atoms with Crippen molar-refractivity contribution in [3.05, 3.63) is 53.6 Å². The number of rotatable bonds is 6. The van der Waals surface area contributed by atoms with Crippen molar-refractivity contribution in [1.29, 1.82) is 0 Å². The van der Waals surface area contributed by atoms with E-state index in [2.05, 4.69) is 10.6 Å². The Balaban J connectivity index is 1.90. The Morgan fingerprint density at radius 2 is 1.74 bits per heavy atom. The first-order valence-corrected chi connectivity index (χ1v) is 14.5. The van der Waals surface area contributed by atoms with E-state index in [9.17, 15) is 27.9 Å². The first-order chi connectivity index (χ1) is 20.3. The number of nitrogens with zero attached hydrogens (tertiary/aromatic N) is 2. The standard InChI is InChI=1S/C31H43F3N4O5/c1-20-17-38(21(2)19-39)29(40)26-16-25(36-30(41)35-24-11-9-23(10-12-24)31(32,33)34)13-14-27(26)43-22(3)8-6-7-15-42-28(20)18-37(4)5/h9-14,16,20-22,28,39H,6-8,15,17-19H2,1-5H3,(H2,35,36,41)/t20-,21+,22+,28-/m0/s1. The van der Waals surface area contributed by atoms with Crippen LogP contribution in [0.5, 0.6) is 5.75 Å². The van der Waals surface area contributed by atoms with Crippen LogP contribution in [0.3, 0.4) is 0 Å². The van der Waals surface area contributed by atoms with Crippen LogP contribution in [0.2, 0.25) is 0 Å². The number of aliphatic hydroxyl groups excluding tert-OH is 1. The van der Waals surface area contributed by atoms with Crippen molar-refractivity contribution in [2.45, 2.75) is 64.5 Å². The molecule has 3 rings (SSSR count). The maximum atomic E-state index is 14.1. The molecule has 0 spiro atoms. The summed E-state index contributed by atoms with van der Waals surface area (Å²) in [7, 11) is 3.94. The van der Waals surface area contributed by atoms with Crippen LogP contribution in [-0.4, -0.2) is 85.5 Å². The summed E-state index contributed by atoms with van der Waals surface area (Å²) in [5, 5.41) is 15.2. The number of carbonyl (C=O) groups is 2. The third-order valence-corrected chi connectivity index (χ3v) is 7.32. The minimum atomic E-state index is -4.48. The summed E-state index contributed by atoms with van der Waals surface area (Å²) in [5.74, 6) is -0.0717. The molecule has 0 unspecified atom stereocenters. The van der Waals surface area contributed by atoms with E-state index >= 15 is 0 Å². The summed E-state index contributed by atoms with van der Waals surface area (Å²) >= 11 is 0. The maximum absolute atomic E-state index is 14.1. The number of fused-ring (bicyclic) bond motifs is 1. The zero-order chi connectivity index (χ0) is 31.7. The Kier molecular flexibility index (Phi) is 12.2. The Morgan fingerprint density at radius 1 is 1.09 bits per heavy atom. The van der Waals surface area contributed by atoms with Crippen LogP contribution in [0.25, 0.3) is 0 Å². The molecule has 0 saturated carbocycles. The molecular weight excluding hydrogens is 565 g/mol. The van der Waals surface area contributed by atoms with Gasteiger partial charge in [-0.15, -0.1) is 0 Å². The van der Waals surface area contributed by atoms with Crippen LogP contribution in [0.1, 0.15) is 56.0 Å². The van der Waals surface area contributed by atoms with Crippen molar-refractivity contribution < 1.29 is 37.3 Å². The molecule has 12 heteroatoms. The van der Waals surface area contributed by atoms with E-state index in [0.717, 1.165) is 43.5 Å². The van der Waals surface area contributed by atoms with Crippen LogP contribution in [-0.2, 0) is 10.9 Å². The van der Waals surface area contributed by atoms with Gasteiger partial charge >= 0.3 is 12.2 Å². The zero-order valence-electron chi connectivity index (χ0n) is 25.4. The van der Waals surface area contributed by atoms with E-state index in [1.54, 1.807) is 24.0 Å². The van der Waals surface area contributed by atoms with E-state index in [4.69, 9.17) is 9.47 Å². The lowest BCUT2D eigenvalue weighted by Crippen LogP contribution is -2.47.